The number of ether oxygens (including phenoxy) is 1. The highest BCUT2D eigenvalue weighted by molar-refractivity contribution is 5.95. The second-order valence-electron chi connectivity index (χ2n) is 9.35. The topological polar surface area (TPSA) is 69.9 Å². The quantitative estimate of drug-likeness (QED) is 0.256. The predicted molar refractivity (Wildman–Crippen MR) is 142 cm³/mol. The number of imidazole rings is 1. The van der Waals surface area contributed by atoms with Crippen LogP contribution in [0.5, 0.6) is 0 Å². The Morgan fingerprint density at radius 1 is 0.889 bits per heavy atom. The molecule has 5 aromatic rings. The van der Waals surface area contributed by atoms with Gasteiger partial charge in [0, 0.05) is 17.2 Å². The average molecular weight is 477 g/mol. The van der Waals surface area contributed by atoms with Crippen molar-refractivity contribution in [3.8, 4) is 22.6 Å². The zero-order valence-corrected chi connectivity index (χ0v) is 20.4. The van der Waals surface area contributed by atoms with Crippen LogP contribution in [-0.2, 0) is 4.74 Å². The largest absolute Gasteiger partial charge is 0.462 e. The molecule has 0 unspecified atom stereocenters. The number of nitrogens with zero attached hydrogens (tertiary/aromatic N) is 4. The summed E-state index contributed by atoms with van der Waals surface area (Å²) in [6, 6.07) is 22.4. The van der Waals surface area contributed by atoms with Gasteiger partial charge in [0.25, 0.3) is 0 Å². The van der Waals surface area contributed by atoms with Gasteiger partial charge in [-0.05, 0) is 56.2 Å². The van der Waals surface area contributed by atoms with Gasteiger partial charge in [-0.3, -0.25) is 4.98 Å². The molecule has 0 atom stereocenters. The number of esters is 1. The first-order valence-corrected chi connectivity index (χ1v) is 12.7. The number of carbonyl (C=O) groups is 1. The fourth-order valence-corrected chi connectivity index (χ4v) is 5.25. The Labute approximate surface area is 210 Å². The Morgan fingerprint density at radius 3 is 2.53 bits per heavy atom. The van der Waals surface area contributed by atoms with Gasteiger partial charge in [-0.2, -0.15) is 0 Å². The van der Waals surface area contributed by atoms with E-state index in [1.165, 1.54) is 19.3 Å². The maximum Gasteiger partial charge on any atom is 0.338 e. The molecule has 1 aliphatic carbocycles. The minimum Gasteiger partial charge on any atom is -0.462 e. The van der Waals surface area contributed by atoms with Gasteiger partial charge < -0.3 is 9.30 Å². The van der Waals surface area contributed by atoms with Gasteiger partial charge in [0.2, 0.25) is 0 Å². The van der Waals surface area contributed by atoms with Crippen LogP contribution >= 0.6 is 0 Å². The van der Waals surface area contributed by atoms with E-state index in [1.807, 2.05) is 67.7 Å². The van der Waals surface area contributed by atoms with Crippen molar-refractivity contribution in [3.63, 3.8) is 0 Å². The standard InChI is InChI=1S/C30H28N4O2/c1-2-36-30(35)22-14-16-28-26(18-22)33-29(34(28)23-11-7-4-8-12-23)21-13-15-24-25(17-21)32-27(19-31-24)20-9-5-3-6-10-20/h3,5-6,9-10,13-19,23H,2,4,7-8,11-12H2,1H3. The summed E-state index contributed by atoms with van der Waals surface area (Å²) in [5, 5.41) is 0. The summed E-state index contributed by atoms with van der Waals surface area (Å²) < 4.78 is 7.60. The number of benzene rings is 3. The van der Waals surface area contributed by atoms with Crippen LogP contribution in [0.15, 0.2) is 72.9 Å². The van der Waals surface area contributed by atoms with Crippen molar-refractivity contribution in [2.24, 2.45) is 0 Å². The number of aromatic nitrogens is 4. The highest BCUT2D eigenvalue weighted by Gasteiger charge is 2.23. The number of fused-ring (bicyclic) bond motifs is 2. The van der Waals surface area contributed by atoms with Crippen LogP contribution in [0.3, 0.4) is 0 Å². The van der Waals surface area contributed by atoms with Gasteiger partial charge >= 0.3 is 5.97 Å². The van der Waals surface area contributed by atoms with E-state index in [0.717, 1.165) is 57.6 Å². The van der Waals surface area contributed by atoms with Crippen molar-refractivity contribution in [1.82, 2.24) is 19.5 Å². The predicted octanol–water partition coefficient (Wildman–Crippen LogP) is 7.00. The van der Waals surface area contributed by atoms with Gasteiger partial charge in [-0.25, -0.2) is 14.8 Å². The molecular formula is C30H28N4O2. The maximum absolute atomic E-state index is 12.4. The summed E-state index contributed by atoms with van der Waals surface area (Å²) in [5.74, 6) is 0.592. The maximum atomic E-state index is 12.4. The minimum atomic E-state index is -0.317. The van der Waals surface area contributed by atoms with Crippen molar-refractivity contribution in [3.05, 3.63) is 78.5 Å². The van der Waals surface area contributed by atoms with Crippen LogP contribution in [-0.4, -0.2) is 32.1 Å². The molecular weight excluding hydrogens is 448 g/mol. The molecule has 36 heavy (non-hydrogen) atoms. The molecule has 0 bridgehead atoms. The molecule has 6 nitrogen and oxygen atoms in total. The minimum absolute atomic E-state index is 0.317. The molecule has 0 radical (unpaired) electrons. The summed E-state index contributed by atoms with van der Waals surface area (Å²) in [6.07, 6.45) is 7.79. The van der Waals surface area contributed by atoms with E-state index in [-0.39, 0.29) is 5.97 Å². The van der Waals surface area contributed by atoms with E-state index in [4.69, 9.17) is 14.7 Å². The van der Waals surface area contributed by atoms with E-state index in [0.29, 0.717) is 18.2 Å². The van der Waals surface area contributed by atoms with Crippen molar-refractivity contribution < 1.29 is 9.53 Å². The molecule has 180 valence electrons. The fraction of sp³-hybridized carbons (Fsp3) is 0.267. The molecule has 1 aliphatic rings. The van der Waals surface area contributed by atoms with E-state index < -0.39 is 0 Å². The highest BCUT2D eigenvalue weighted by atomic mass is 16.5. The van der Waals surface area contributed by atoms with Crippen LogP contribution in [0, 0.1) is 0 Å². The van der Waals surface area contributed by atoms with Crippen molar-refractivity contribution in [1.29, 1.82) is 0 Å². The zero-order valence-electron chi connectivity index (χ0n) is 20.4. The second-order valence-corrected chi connectivity index (χ2v) is 9.35. The van der Waals surface area contributed by atoms with Gasteiger partial charge in [0.1, 0.15) is 5.82 Å². The number of hydrogen-bond donors (Lipinski definition) is 0. The van der Waals surface area contributed by atoms with Crippen LogP contribution in [0.2, 0.25) is 0 Å². The van der Waals surface area contributed by atoms with E-state index >= 15 is 0 Å². The first-order chi connectivity index (χ1) is 17.7. The Balaban J connectivity index is 1.49. The molecule has 0 saturated heterocycles. The fourth-order valence-electron chi connectivity index (χ4n) is 5.25. The second kappa shape index (κ2) is 9.53. The lowest BCUT2D eigenvalue weighted by Gasteiger charge is -2.25. The van der Waals surface area contributed by atoms with Crippen molar-refractivity contribution in [2.45, 2.75) is 45.1 Å². The number of hydrogen-bond acceptors (Lipinski definition) is 5. The molecule has 6 rings (SSSR count). The highest BCUT2D eigenvalue weighted by Crippen LogP contribution is 2.37. The Hall–Kier alpha value is -4.06. The zero-order chi connectivity index (χ0) is 24.5. The van der Waals surface area contributed by atoms with Gasteiger partial charge in [-0.1, -0.05) is 49.6 Å². The smallest absolute Gasteiger partial charge is 0.338 e. The molecule has 1 fully saturated rings. The molecule has 1 saturated carbocycles. The molecule has 2 heterocycles. The average Bonchev–Trinajstić information content (AvgIpc) is 3.32. The summed E-state index contributed by atoms with van der Waals surface area (Å²) >= 11 is 0. The lowest BCUT2D eigenvalue weighted by Crippen LogP contribution is -2.14. The number of carbonyl (C=O) groups excluding carboxylic acids is 1. The van der Waals surface area contributed by atoms with Crippen molar-refractivity contribution in [2.75, 3.05) is 6.61 Å². The lowest BCUT2D eigenvalue weighted by molar-refractivity contribution is 0.0526. The number of rotatable bonds is 5. The van der Waals surface area contributed by atoms with Crippen LogP contribution in [0.1, 0.15) is 55.4 Å². The summed E-state index contributed by atoms with van der Waals surface area (Å²) in [6.45, 7) is 2.17. The van der Waals surface area contributed by atoms with E-state index in [2.05, 4.69) is 21.7 Å². The third-order valence-corrected chi connectivity index (χ3v) is 7.01. The Kier molecular flexibility index (Phi) is 5.93. The summed E-state index contributed by atoms with van der Waals surface area (Å²) in [4.78, 5) is 27.0. The van der Waals surface area contributed by atoms with Crippen molar-refractivity contribution >= 4 is 28.0 Å². The van der Waals surface area contributed by atoms with Crippen LogP contribution in [0.25, 0.3) is 44.7 Å². The monoisotopic (exact) mass is 476 g/mol. The van der Waals surface area contributed by atoms with Crippen LogP contribution < -0.4 is 0 Å². The lowest BCUT2D eigenvalue weighted by atomic mass is 9.94. The third kappa shape index (κ3) is 4.13. The molecule has 6 heteroatoms. The van der Waals surface area contributed by atoms with Gasteiger partial charge in [-0.15, -0.1) is 0 Å². The van der Waals surface area contributed by atoms with Crippen LogP contribution in [0.4, 0.5) is 0 Å². The molecule has 2 aromatic heterocycles. The Bertz CT molecular complexity index is 1550. The normalized spacial score (nSPS) is 14.4. The summed E-state index contributed by atoms with van der Waals surface area (Å²) in [5.41, 5.74) is 6.96. The van der Waals surface area contributed by atoms with E-state index in [1.54, 1.807) is 0 Å². The van der Waals surface area contributed by atoms with Gasteiger partial charge in [0.05, 0.1) is 46.1 Å². The molecule has 0 amide bonds. The molecule has 0 aliphatic heterocycles. The van der Waals surface area contributed by atoms with E-state index in [9.17, 15) is 4.79 Å². The first-order valence-electron chi connectivity index (χ1n) is 12.7. The van der Waals surface area contributed by atoms with Gasteiger partial charge in [0.15, 0.2) is 0 Å². The first kappa shape index (κ1) is 22.4. The SMILES string of the molecule is CCOC(=O)c1ccc2c(c1)nc(-c1ccc3ncc(-c4ccccc4)nc3c1)n2C1CCCCC1. The third-order valence-electron chi connectivity index (χ3n) is 7.01. The Morgan fingerprint density at radius 2 is 1.72 bits per heavy atom. The molecule has 0 N–H and O–H groups in total. The molecule has 3 aromatic carbocycles. The molecule has 0 spiro atoms. The summed E-state index contributed by atoms with van der Waals surface area (Å²) in [7, 11) is 0.